The highest BCUT2D eigenvalue weighted by Gasteiger charge is 2.29. The van der Waals surface area contributed by atoms with Gasteiger partial charge < -0.3 is 4.90 Å². The lowest BCUT2D eigenvalue weighted by atomic mass is 9.90. The topological polar surface area (TPSA) is 3.24 Å². The predicted octanol–water partition coefficient (Wildman–Crippen LogP) is 4.83. The molecule has 1 fully saturated rings. The largest absolute Gasteiger partial charge is 0.306 e. The number of halogens is 2. The summed E-state index contributed by atoms with van der Waals surface area (Å²) < 4.78 is 13.0. The number of thioether (sulfide) groups is 1. The zero-order valence-electron chi connectivity index (χ0n) is 12.6. The molecule has 4 heteroatoms. The van der Waals surface area contributed by atoms with Gasteiger partial charge in [-0.2, -0.15) is 0 Å². The molecular weight excluding hydrogens is 317 g/mol. The average molecular weight is 338 g/mol. The van der Waals surface area contributed by atoms with Gasteiger partial charge in [-0.25, -0.2) is 4.39 Å². The van der Waals surface area contributed by atoms with Crippen LogP contribution in [0.25, 0.3) is 0 Å². The molecule has 0 N–H and O–H groups in total. The molecule has 1 nitrogen and oxygen atoms in total. The Morgan fingerprint density at radius 1 is 1.05 bits per heavy atom. The van der Waals surface area contributed by atoms with Gasteiger partial charge >= 0.3 is 0 Å². The number of benzene rings is 2. The Bertz CT molecular complexity index is 575. The highest BCUT2D eigenvalue weighted by molar-refractivity contribution is 8.00. The quantitative estimate of drug-likeness (QED) is 0.789. The van der Waals surface area contributed by atoms with Crippen LogP contribution in [0, 0.1) is 5.82 Å². The maximum atomic E-state index is 13.0. The summed E-state index contributed by atoms with van der Waals surface area (Å²) >= 11 is 1.88. The maximum Gasteiger partial charge on any atom is 0.123 e. The Balaban J connectivity index is 0.00000176. The summed E-state index contributed by atoms with van der Waals surface area (Å²) in [6.07, 6.45) is 1.16. The molecule has 0 radical (unpaired) electrons. The minimum Gasteiger partial charge on any atom is -0.306 e. The van der Waals surface area contributed by atoms with Crippen LogP contribution >= 0.6 is 24.2 Å². The molecule has 1 saturated heterocycles. The molecule has 2 unspecified atom stereocenters. The minimum absolute atomic E-state index is 0. The van der Waals surface area contributed by atoms with Gasteiger partial charge in [0.05, 0.1) is 0 Å². The summed E-state index contributed by atoms with van der Waals surface area (Å²) in [5, 5.41) is 0.550. The van der Waals surface area contributed by atoms with Crippen molar-refractivity contribution in [3.63, 3.8) is 0 Å². The van der Waals surface area contributed by atoms with Crippen LogP contribution in [-0.4, -0.2) is 30.3 Å². The van der Waals surface area contributed by atoms with Crippen LogP contribution in [0.2, 0.25) is 0 Å². The maximum absolute atomic E-state index is 13.0. The fourth-order valence-electron chi connectivity index (χ4n) is 2.94. The minimum atomic E-state index is -0.165. The lowest BCUT2D eigenvalue weighted by molar-refractivity contribution is 0.256. The van der Waals surface area contributed by atoms with Crippen molar-refractivity contribution in [1.82, 2.24) is 4.90 Å². The Morgan fingerprint density at radius 2 is 1.73 bits per heavy atom. The van der Waals surface area contributed by atoms with E-state index in [-0.39, 0.29) is 18.2 Å². The van der Waals surface area contributed by atoms with Crippen LogP contribution in [-0.2, 0) is 0 Å². The van der Waals surface area contributed by atoms with Crippen molar-refractivity contribution in [3.8, 4) is 0 Å². The van der Waals surface area contributed by atoms with Gasteiger partial charge in [-0.15, -0.1) is 24.2 Å². The summed E-state index contributed by atoms with van der Waals surface area (Å²) in [4.78, 5) is 3.56. The van der Waals surface area contributed by atoms with Crippen LogP contribution in [0.15, 0.2) is 59.5 Å². The fraction of sp³-hybridized carbons (Fsp3) is 0.333. The summed E-state index contributed by atoms with van der Waals surface area (Å²) in [6, 6.07) is 17.6. The van der Waals surface area contributed by atoms with Gasteiger partial charge in [0, 0.05) is 22.6 Å². The van der Waals surface area contributed by atoms with E-state index in [0.717, 1.165) is 24.4 Å². The molecule has 0 aromatic heterocycles. The van der Waals surface area contributed by atoms with Crippen LogP contribution in [0.4, 0.5) is 4.39 Å². The lowest BCUT2D eigenvalue weighted by Crippen LogP contribution is -2.38. The van der Waals surface area contributed by atoms with Crippen LogP contribution in [0.5, 0.6) is 0 Å². The van der Waals surface area contributed by atoms with E-state index in [0.29, 0.717) is 11.2 Å². The van der Waals surface area contributed by atoms with Crippen LogP contribution in [0.3, 0.4) is 0 Å². The van der Waals surface area contributed by atoms with Gasteiger partial charge in [0.2, 0.25) is 0 Å². The van der Waals surface area contributed by atoms with Crippen LogP contribution in [0.1, 0.15) is 17.9 Å². The molecular formula is C18H21ClFNS. The Kier molecular flexibility index (Phi) is 6.30. The van der Waals surface area contributed by atoms with Crippen molar-refractivity contribution in [1.29, 1.82) is 0 Å². The predicted molar refractivity (Wildman–Crippen MR) is 94.6 cm³/mol. The molecule has 0 saturated carbocycles. The molecule has 0 aliphatic carbocycles. The van der Waals surface area contributed by atoms with Crippen LogP contribution < -0.4 is 0 Å². The summed E-state index contributed by atoms with van der Waals surface area (Å²) in [6.45, 7) is 2.21. The van der Waals surface area contributed by atoms with Crippen molar-refractivity contribution < 1.29 is 4.39 Å². The second-order valence-electron chi connectivity index (χ2n) is 5.68. The molecule has 1 heterocycles. The number of piperidine rings is 1. The summed E-state index contributed by atoms with van der Waals surface area (Å²) in [7, 11) is 2.19. The van der Waals surface area contributed by atoms with E-state index < -0.39 is 0 Å². The van der Waals surface area contributed by atoms with Gasteiger partial charge in [0.1, 0.15) is 5.82 Å². The van der Waals surface area contributed by atoms with E-state index in [2.05, 4.69) is 42.3 Å². The number of hydrogen-bond donors (Lipinski definition) is 0. The zero-order chi connectivity index (χ0) is 14.7. The van der Waals surface area contributed by atoms with Crippen molar-refractivity contribution in [2.75, 3.05) is 20.1 Å². The van der Waals surface area contributed by atoms with Gasteiger partial charge in [0.15, 0.2) is 0 Å². The number of nitrogens with zero attached hydrogens (tertiary/aromatic N) is 1. The smallest absolute Gasteiger partial charge is 0.123 e. The zero-order valence-corrected chi connectivity index (χ0v) is 14.2. The third-order valence-electron chi connectivity index (χ3n) is 4.08. The molecule has 0 bridgehead atoms. The number of likely N-dealkylation sites (N-methyl/N-ethyl adjacent to an activating group) is 1. The molecule has 22 heavy (non-hydrogen) atoms. The summed E-state index contributed by atoms with van der Waals surface area (Å²) in [5.41, 5.74) is 1.41. The molecule has 2 aromatic carbocycles. The Labute approximate surface area is 142 Å². The Hall–Kier alpha value is -1.03. The van der Waals surface area contributed by atoms with E-state index in [1.807, 2.05) is 23.9 Å². The SMILES string of the molecule is CN1CCC(Sc2ccc(F)cc2)C(c2ccccc2)C1.Cl. The molecule has 3 rings (SSSR count). The Morgan fingerprint density at radius 3 is 2.41 bits per heavy atom. The van der Waals surface area contributed by atoms with Crippen molar-refractivity contribution in [2.24, 2.45) is 0 Å². The average Bonchev–Trinajstić information content (AvgIpc) is 2.52. The van der Waals surface area contributed by atoms with E-state index in [9.17, 15) is 4.39 Å². The lowest BCUT2D eigenvalue weighted by Gasteiger charge is -2.36. The van der Waals surface area contributed by atoms with Gasteiger partial charge in [0.25, 0.3) is 0 Å². The normalized spacial score (nSPS) is 22.1. The van der Waals surface area contributed by atoms with Crippen molar-refractivity contribution >= 4 is 24.2 Å². The standard InChI is InChI=1S/C18H20FNS.ClH/c1-20-12-11-18(21-16-9-7-15(19)8-10-16)17(13-20)14-5-3-2-4-6-14;/h2-10,17-18H,11-13H2,1H3;1H. The van der Waals surface area contributed by atoms with E-state index in [1.165, 1.54) is 5.56 Å². The van der Waals surface area contributed by atoms with E-state index in [4.69, 9.17) is 0 Å². The molecule has 118 valence electrons. The first kappa shape index (κ1) is 17.3. The fourth-order valence-corrected chi connectivity index (χ4v) is 4.22. The van der Waals surface area contributed by atoms with E-state index in [1.54, 1.807) is 12.1 Å². The molecule has 2 atom stereocenters. The first-order chi connectivity index (χ1) is 10.2. The number of hydrogen-bond acceptors (Lipinski definition) is 2. The number of likely N-dealkylation sites (tertiary alicyclic amines) is 1. The molecule has 0 amide bonds. The monoisotopic (exact) mass is 337 g/mol. The molecule has 2 aromatic rings. The second kappa shape index (κ2) is 8.00. The van der Waals surface area contributed by atoms with Gasteiger partial charge in [-0.05, 0) is 49.8 Å². The van der Waals surface area contributed by atoms with E-state index >= 15 is 0 Å². The highest BCUT2D eigenvalue weighted by Crippen LogP contribution is 2.38. The first-order valence-corrected chi connectivity index (χ1v) is 8.26. The first-order valence-electron chi connectivity index (χ1n) is 7.38. The van der Waals surface area contributed by atoms with Gasteiger partial charge in [-0.3, -0.25) is 0 Å². The second-order valence-corrected chi connectivity index (χ2v) is 6.99. The molecule has 1 aliphatic heterocycles. The number of rotatable bonds is 3. The highest BCUT2D eigenvalue weighted by atomic mass is 35.5. The molecule has 0 spiro atoms. The molecule has 1 aliphatic rings. The third-order valence-corrected chi connectivity index (χ3v) is 5.49. The summed E-state index contributed by atoms with van der Waals surface area (Å²) in [5.74, 6) is 0.363. The van der Waals surface area contributed by atoms with Gasteiger partial charge in [-0.1, -0.05) is 30.3 Å². The van der Waals surface area contributed by atoms with Crippen molar-refractivity contribution in [3.05, 3.63) is 66.0 Å². The van der Waals surface area contributed by atoms with Crippen molar-refractivity contribution in [2.45, 2.75) is 22.5 Å². The third kappa shape index (κ3) is 4.25.